The summed E-state index contributed by atoms with van der Waals surface area (Å²) in [5.74, 6) is 2.32. The van der Waals surface area contributed by atoms with Crippen molar-refractivity contribution >= 4 is 28.6 Å². The summed E-state index contributed by atoms with van der Waals surface area (Å²) < 4.78 is 12.7. The van der Waals surface area contributed by atoms with Crippen LogP contribution < -0.4 is 19.3 Å². The van der Waals surface area contributed by atoms with Gasteiger partial charge in [-0.15, -0.1) is 0 Å². The number of fused-ring (bicyclic) bond motifs is 1. The monoisotopic (exact) mass is 463 g/mol. The Bertz CT molecular complexity index is 1300. The molecule has 0 bridgehead atoms. The molecule has 1 aliphatic rings. The van der Waals surface area contributed by atoms with Gasteiger partial charge in [-0.2, -0.15) is 5.10 Å². The summed E-state index contributed by atoms with van der Waals surface area (Å²) in [5.41, 5.74) is 5.24. The molecular weight excluding hydrogens is 438 g/mol. The molecule has 8 heteroatoms. The average Bonchev–Trinajstić information content (AvgIpc) is 3.30. The Kier molecular flexibility index (Phi) is 5.72. The Labute approximate surface area is 198 Å². The Morgan fingerprint density at radius 2 is 1.64 bits per heavy atom. The number of hydrogen-bond donors (Lipinski definition) is 0. The van der Waals surface area contributed by atoms with Gasteiger partial charge in [0.15, 0.2) is 17.3 Å². The second-order valence-corrected chi connectivity index (χ2v) is 8.52. The number of nitrogens with zero attached hydrogens (tertiary/aromatic N) is 5. The third-order valence-corrected chi connectivity index (χ3v) is 6.37. The van der Waals surface area contributed by atoms with Crippen LogP contribution in [-0.4, -0.2) is 55.0 Å². The van der Waals surface area contributed by atoms with E-state index >= 15 is 0 Å². The number of methoxy groups -OCH3 is 2. The molecule has 4 aromatic rings. The van der Waals surface area contributed by atoms with Gasteiger partial charge in [0.1, 0.15) is 5.52 Å². The number of piperazine rings is 1. The number of benzene rings is 2. The fourth-order valence-electron chi connectivity index (χ4n) is 4.37. The van der Waals surface area contributed by atoms with Crippen LogP contribution in [0.5, 0.6) is 11.5 Å². The van der Waals surface area contributed by atoms with E-state index in [-0.39, 0.29) is 0 Å². The average molecular weight is 464 g/mol. The van der Waals surface area contributed by atoms with Crippen LogP contribution in [0.4, 0.5) is 11.5 Å². The zero-order valence-electron chi connectivity index (χ0n) is 19.0. The molecule has 0 unspecified atom stereocenters. The molecule has 170 valence electrons. The highest BCUT2D eigenvalue weighted by molar-refractivity contribution is 6.30. The summed E-state index contributed by atoms with van der Waals surface area (Å²) >= 11 is 6.24. The standard InChI is InChI=1S/C25H26ClN5O2/c1-17-4-6-19(26)15-21(17)29-10-12-30(13-11-29)25-22-16-20(28-31(22)9-8-27-25)18-5-7-23(32-2)24(14-18)33-3/h4-9,14-16H,10-13H2,1-3H3. The molecule has 7 nitrogen and oxygen atoms in total. The lowest BCUT2D eigenvalue weighted by Crippen LogP contribution is -2.47. The van der Waals surface area contributed by atoms with Gasteiger partial charge in [-0.1, -0.05) is 17.7 Å². The van der Waals surface area contributed by atoms with Gasteiger partial charge in [0.2, 0.25) is 0 Å². The minimum atomic E-state index is 0.679. The molecule has 2 aromatic heterocycles. The summed E-state index contributed by atoms with van der Waals surface area (Å²) in [7, 11) is 3.27. The molecule has 0 N–H and O–H groups in total. The first-order valence-electron chi connectivity index (χ1n) is 10.9. The van der Waals surface area contributed by atoms with E-state index in [0.29, 0.717) is 11.5 Å². The van der Waals surface area contributed by atoms with Gasteiger partial charge in [0, 0.05) is 54.8 Å². The fraction of sp³-hybridized carbons (Fsp3) is 0.280. The summed E-state index contributed by atoms with van der Waals surface area (Å²) in [4.78, 5) is 9.43. The summed E-state index contributed by atoms with van der Waals surface area (Å²) in [5, 5.41) is 5.55. The molecule has 0 amide bonds. The Morgan fingerprint density at radius 3 is 2.39 bits per heavy atom. The number of aromatic nitrogens is 3. The zero-order chi connectivity index (χ0) is 22.9. The van der Waals surface area contributed by atoms with Crippen LogP contribution in [0, 0.1) is 6.92 Å². The van der Waals surface area contributed by atoms with Crippen molar-refractivity contribution in [1.29, 1.82) is 0 Å². The van der Waals surface area contributed by atoms with E-state index in [1.54, 1.807) is 20.4 Å². The second kappa shape index (κ2) is 8.83. The lowest BCUT2D eigenvalue weighted by molar-refractivity contribution is 0.355. The van der Waals surface area contributed by atoms with E-state index < -0.39 is 0 Å². The van der Waals surface area contributed by atoms with Gasteiger partial charge in [-0.05, 0) is 48.9 Å². The summed E-state index contributed by atoms with van der Waals surface area (Å²) in [6, 6.07) is 14.0. The van der Waals surface area contributed by atoms with Gasteiger partial charge in [0.25, 0.3) is 0 Å². The number of anilines is 2. The van der Waals surface area contributed by atoms with Crippen molar-refractivity contribution in [3.63, 3.8) is 0 Å². The molecular formula is C25H26ClN5O2. The van der Waals surface area contributed by atoms with E-state index in [1.807, 2.05) is 35.0 Å². The normalized spacial score (nSPS) is 14.1. The largest absolute Gasteiger partial charge is 0.493 e. The first-order valence-corrected chi connectivity index (χ1v) is 11.3. The van der Waals surface area contributed by atoms with Crippen LogP contribution in [-0.2, 0) is 0 Å². The molecule has 0 saturated carbocycles. The minimum absolute atomic E-state index is 0.679. The zero-order valence-corrected chi connectivity index (χ0v) is 19.7. The van der Waals surface area contributed by atoms with E-state index in [4.69, 9.17) is 31.2 Å². The van der Waals surface area contributed by atoms with E-state index in [0.717, 1.165) is 53.8 Å². The molecule has 0 spiro atoms. The third-order valence-electron chi connectivity index (χ3n) is 6.14. The van der Waals surface area contributed by atoms with Crippen molar-refractivity contribution in [2.45, 2.75) is 6.92 Å². The number of rotatable bonds is 5. The Morgan fingerprint density at radius 1 is 0.879 bits per heavy atom. The molecule has 1 aliphatic heterocycles. The molecule has 5 rings (SSSR count). The number of ether oxygens (including phenoxy) is 2. The highest BCUT2D eigenvalue weighted by atomic mass is 35.5. The maximum Gasteiger partial charge on any atom is 0.161 e. The first kappa shape index (κ1) is 21.4. The number of aryl methyl sites for hydroxylation is 1. The van der Waals surface area contributed by atoms with Crippen molar-refractivity contribution in [2.24, 2.45) is 0 Å². The first-order chi connectivity index (χ1) is 16.1. The number of halogens is 1. The highest BCUT2D eigenvalue weighted by Crippen LogP contribution is 2.33. The highest BCUT2D eigenvalue weighted by Gasteiger charge is 2.22. The molecule has 3 heterocycles. The molecule has 0 atom stereocenters. The molecule has 0 aliphatic carbocycles. The van der Waals surface area contributed by atoms with Crippen molar-refractivity contribution in [1.82, 2.24) is 14.6 Å². The van der Waals surface area contributed by atoms with Gasteiger partial charge in [0.05, 0.1) is 19.9 Å². The topological polar surface area (TPSA) is 55.1 Å². The third kappa shape index (κ3) is 4.04. The molecule has 2 aromatic carbocycles. The summed E-state index contributed by atoms with van der Waals surface area (Å²) in [6.45, 7) is 5.68. The molecule has 33 heavy (non-hydrogen) atoms. The smallest absolute Gasteiger partial charge is 0.161 e. The van der Waals surface area contributed by atoms with Crippen LogP contribution in [0.2, 0.25) is 5.02 Å². The van der Waals surface area contributed by atoms with Gasteiger partial charge in [-0.3, -0.25) is 0 Å². The minimum Gasteiger partial charge on any atom is -0.493 e. The van der Waals surface area contributed by atoms with Crippen molar-refractivity contribution < 1.29 is 9.47 Å². The van der Waals surface area contributed by atoms with E-state index in [1.165, 1.54) is 11.3 Å². The van der Waals surface area contributed by atoms with Crippen molar-refractivity contribution in [2.75, 3.05) is 50.2 Å². The molecule has 0 radical (unpaired) electrons. The number of hydrogen-bond acceptors (Lipinski definition) is 6. The molecule has 1 fully saturated rings. The fourth-order valence-corrected chi connectivity index (χ4v) is 4.54. The van der Waals surface area contributed by atoms with Gasteiger partial charge in [-0.25, -0.2) is 9.50 Å². The van der Waals surface area contributed by atoms with Crippen LogP contribution >= 0.6 is 11.6 Å². The van der Waals surface area contributed by atoms with E-state index in [2.05, 4.69) is 34.9 Å². The van der Waals surface area contributed by atoms with E-state index in [9.17, 15) is 0 Å². The Balaban J connectivity index is 1.41. The lowest BCUT2D eigenvalue weighted by atomic mass is 10.1. The van der Waals surface area contributed by atoms with Crippen molar-refractivity contribution in [3.8, 4) is 22.8 Å². The van der Waals surface area contributed by atoms with Gasteiger partial charge < -0.3 is 19.3 Å². The predicted molar refractivity (Wildman–Crippen MR) is 132 cm³/mol. The van der Waals surface area contributed by atoms with Crippen LogP contribution in [0.1, 0.15) is 5.56 Å². The Hall–Kier alpha value is -3.45. The van der Waals surface area contributed by atoms with Crippen LogP contribution in [0.25, 0.3) is 16.8 Å². The van der Waals surface area contributed by atoms with Crippen LogP contribution in [0.15, 0.2) is 54.9 Å². The maximum absolute atomic E-state index is 6.24. The second-order valence-electron chi connectivity index (χ2n) is 8.08. The van der Waals surface area contributed by atoms with Crippen LogP contribution in [0.3, 0.4) is 0 Å². The van der Waals surface area contributed by atoms with Crippen molar-refractivity contribution in [3.05, 3.63) is 65.4 Å². The lowest BCUT2D eigenvalue weighted by Gasteiger charge is -2.37. The maximum atomic E-state index is 6.24. The predicted octanol–water partition coefficient (Wildman–Crippen LogP) is 4.70. The summed E-state index contributed by atoms with van der Waals surface area (Å²) in [6.07, 6.45) is 3.69. The SMILES string of the molecule is COc1ccc(-c2cc3c(N4CCN(c5cc(Cl)ccc5C)CC4)nccn3n2)cc1OC. The molecule has 1 saturated heterocycles. The quantitative estimate of drug-likeness (QED) is 0.427. The van der Waals surface area contributed by atoms with Gasteiger partial charge >= 0.3 is 0 Å².